The van der Waals surface area contributed by atoms with E-state index in [1.165, 1.54) is 29.3 Å². The fourth-order valence-corrected chi connectivity index (χ4v) is 2.65. The number of carbonyl (C=O) groups is 1. The van der Waals surface area contributed by atoms with Gasteiger partial charge in [-0.3, -0.25) is 4.79 Å². The predicted octanol–water partition coefficient (Wildman–Crippen LogP) is 1.82. The lowest BCUT2D eigenvalue weighted by Gasteiger charge is -2.03. The van der Waals surface area contributed by atoms with Gasteiger partial charge in [-0.15, -0.1) is 11.3 Å². The van der Waals surface area contributed by atoms with Gasteiger partial charge in [0.25, 0.3) is 5.03 Å². The van der Waals surface area contributed by atoms with Crippen molar-refractivity contribution in [1.29, 1.82) is 0 Å². The fourth-order valence-electron chi connectivity index (χ4n) is 1.23. The molecule has 7 heteroatoms. The average Bonchev–Trinajstić information content (AvgIpc) is 2.74. The fraction of sp³-hybridized carbons (Fsp3) is 0.182. The van der Waals surface area contributed by atoms with Gasteiger partial charge in [-0.1, -0.05) is 0 Å². The Morgan fingerprint density at radius 2 is 2.44 bits per heavy atom. The number of pyridine rings is 1. The third-order valence-corrected chi connectivity index (χ3v) is 3.90. The van der Waals surface area contributed by atoms with Crippen molar-refractivity contribution in [2.45, 2.75) is 11.9 Å². The molecule has 1 N–H and O–H groups in total. The molecule has 5 nitrogen and oxygen atoms in total. The van der Waals surface area contributed by atoms with Crippen molar-refractivity contribution < 1.29 is 9.52 Å². The molecule has 2 heterocycles. The first-order valence-corrected chi connectivity index (χ1v) is 7.04. The lowest BCUT2D eigenvalue weighted by atomic mass is 10.5. The summed E-state index contributed by atoms with van der Waals surface area (Å²) >= 11 is 2.58. The van der Waals surface area contributed by atoms with E-state index in [2.05, 4.69) is 10.3 Å². The topological polar surface area (TPSA) is 68.9 Å². The first-order valence-electron chi connectivity index (χ1n) is 5.18. The van der Waals surface area contributed by atoms with Gasteiger partial charge in [-0.2, -0.15) is 4.73 Å². The van der Waals surface area contributed by atoms with Gasteiger partial charge in [0.2, 0.25) is 5.91 Å². The largest absolute Gasteiger partial charge is 0.618 e. The number of rotatable bonds is 4. The Morgan fingerprint density at radius 1 is 1.61 bits per heavy atom. The molecule has 0 aliphatic carbocycles. The Bertz CT molecular complexity index is 557. The van der Waals surface area contributed by atoms with Gasteiger partial charge in [0.1, 0.15) is 0 Å². The summed E-state index contributed by atoms with van der Waals surface area (Å²) in [7, 11) is 0. The van der Waals surface area contributed by atoms with Crippen molar-refractivity contribution in [3.63, 3.8) is 0 Å². The van der Waals surface area contributed by atoms with Crippen LogP contribution >= 0.6 is 23.1 Å². The number of thiazole rings is 1. The predicted molar refractivity (Wildman–Crippen MR) is 71.6 cm³/mol. The quantitative estimate of drug-likeness (QED) is 0.527. The summed E-state index contributed by atoms with van der Waals surface area (Å²) in [5.41, 5.74) is 0.878. The summed E-state index contributed by atoms with van der Waals surface area (Å²) in [6.07, 6.45) is 1.41. The molecule has 0 saturated carbocycles. The van der Waals surface area contributed by atoms with Crippen LogP contribution in [0.4, 0.5) is 5.13 Å². The molecule has 0 fully saturated rings. The van der Waals surface area contributed by atoms with Crippen molar-refractivity contribution in [3.05, 3.63) is 40.7 Å². The molecule has 0 atom stereocenters. The van der Waals surface area contributed by atoms with Crippen LogP contribution in [0.2, 0.25) is 0 Å². The highest BCUT2D eigenvalue weighted by Gasteiger charge is 2.10. The number of hydrogen-bond acceptors (Lipinski definition) is 5. The number of carbonyl (C=O) groups excluding carboxylic acids is 1. The second kappa shape index (κ2) is 5.83. The van der Waals surface area contributed by atoms with Crippen LogP contribution < -0.4 is 10.0 Å². The zero-order chi connectivity index (χ0) is 13.0. The highest BCUT2D eigenvalue weighted by atomic mass is 32.2. The third kappa shape index (κ3) is 3.44. The Hall–Kier alpha value is -1.60. The van der Waals surface area contributed by atoms with E-state index in [9.17, 15) is 10.0 Å². The Morgan fingerprint density at radius 3 is 3.11 bits per heavy atom. The lowest BCUT2D eigenvalue weighted by molar-refractivity contribution is -0.645. The normalized spacial score (nSPS) is 10.3. The van der Waals surface area contributed by atoms with E-state index in [1.807, 2.05) is 12.3 Å². The first-order chi connectivity index (χ1) is 8.65. The number of aromatic nitrogens is 2. The minimum absolute atomic E-state index is 0.168. The molecule has 0 aliphatic rings. The molecule has 0 radical (unpaired) electrons. The van der Waals surface area contributed by atoms with E-state index in [4.69, 9.17) is 0 Å². The molecule has 0 aromatic carbocycles. The maximum atomic E-state index is 11.6. The van der Waals surface area contributed by atoms with Crippen LogP contribution in [-0.4, -0.2) is 16.6 Å². The summed E-state index contributed by atoms with van der Waals surface area (Å²) in [5.74, 6) is 0.0171. The number of nitrogens with zero attached hydrogens (tertiary/aromatic N) is 2. The van der Waals surface area contributed by atoms with E-state index in [0.717, 1.165) is 10.4 Å². The zero-order valence-corrected chi connectivity index (χ0v) is 11.3. The molecule has 0 bridgehead atoms. The van der Waals surface area contributed by atoms with Gasteiger partial charge >= 0.3 is 0 Å². The molecule has 0 unspecified atom stereocenters. The SMILES string of the molecule is Cc1csc(NC(=O)CSc2cccc[n+]2[O-])n1. The van der Waals surface area contributed by atoms with E-state index in [0.29, 0.717) is 10.2 Å². The highest BCUT2D eigenvalue weighted by Crippen LogP contribution is 2.16. The summed E-state index contributed by atoms with van der Waals surface area (Å²) in [5, 5.41) is 17.0. The van der Waals surface area contributed by atoms with Crippen LogP contribution in [0.15, 0.2) is 34.8 Å². The minimum Gasteiger partial charge on any atom is -0.618 e. The molecular formula is C11H11N3O2S2. The highest BCUT2D eigenvalue weighted by molar-refractivity contribution is 7.99. The summed E-state index contributed by atoms with van der Waals surface area (Å²) in [6.45, 7) is 1.87. The summed E-state index contributed by atoms with van der Waals surface area (Å²) < 4.78 is 0.742. The van der Waals surface area contributed by atoms with Crippen molar-refractivity contribution in [1.82, 2.24) is 4.98 Å². The van der Waals surface area contributed by atoms with Crippen LogP contribution in [0.5, 0.6) is 0 Å². The van der Waals surface area contributed by atoms with Crippen LogP contribution in [0, 0.1) is 12.1 Å². The second-order valence-corrected chi connectivity index (χ2v) is 5.35. The molecule has 2 aromatic heterocycles. The van der Waals surface area contributed by atoms with Crippen molar-refractivity contribution in [2.24, 2.45) is 0 Å². The molecule has 18 heavy (non-hydrogen) atoms. The molecule has 94 valence electrons. The monoisotopic (exact) mass is 281 g/mol. The van der Waals surface area contributed by atoms with Gasteiger partial charge in [-0.05, 0) is 24.8 Å². The second-order valence-electron chi connectivity index (χ2n) is 3.50. The van der Waals surface area contributed by atoms with E-state index in [1.54, 1.807) is 18.2 Å². The van der Waals surface area contributed by atoms with Gasteiger partial charge in [0.05, 0.1) is 11.4 Å². The van der Waals surface area contributed by atoms with Crippen molar-refractivity contribution >= 4 is 34.1 Å². The standard InChI is InChI=1S/C11H11N3O2S2/c1-8-6-18-11(12-8)13-9(15)7-17-10-4-2-3-5-14(10)16/h2-6H,7H2,1H3,(H,12,13,15). The van der Waals surface area contributed by atoms with E-state index in [-0.39, 0.29) is 11.7 Å². The number of amides is 1. The van der Waals surface area contributed by atoms with Crippen LogP contribution in [0.3, 0.4) is 0 Å². The molecule has 2 rings (SSSR count). The van der Waals surface area contributed by atoms with E-state index < -0.39 is 0 Å². The van der Waals surface area contributed by atoms with Crippen LogP contribution in [0.25, 0.3) is 0 Å². The average molecular weight is 281 g/mol. The summed E-state index contributed by atoms with van der Waals surface area (Å²) in [6, 6.07) is 5.09. The number of anilines is 1. The van der Waals surface area contributed by atoms with Crippen molar-refractivity contribution in [2.75, 3.05) is 11.1 Å². The zero-order valence-electron chi connectivity index (χ0n) is 9.62. The van der Waals surface area contributed by atoms with Gasteiger partial charge < -0.3 is 10.5 Å². The summed E-state index contributed by atoms with van der Waals surface area (Å²) in [4.78, 5) is 15.8. The number of aryl methyl sites for hydroxylation is 1. The number of nitrogens with one attached hydrogen (secondary N) is 1. The van der Waals surface area contributed by atoms with E-state index >= 15 is 0 Å². The smallest absolute Gasteiger partial charge is 0.251 e. The molecule has 0 spiro atoms. The molecule has 0 aliphatic heterocycles. The Labute approximate surface area is 112 Å². The maximum absolute atomic E-state index is 11.6. The molecular weight excluding hydrogens is 270 g/mol. The van der Waals surface area contributed by atoms with Gasteiger partial charge in [0, 0.05) is 17.5 Å². The molecule has 0 saturated heterocycles. The third-order valence-electron chi connectivity index (χ3n) is 2.01. The Balaban J connectivity index is 1.87. The van der Waals surface area contributed by atoms with Gasteiger partial charge in [0.15, 0.2) is 11.3 Å². The Kier molecular flexibility index (Phi) is 4.16. The number of thioether (sulfide) groups is 1. The minimum atomic E-state index is -0.168. The number of hydrogen-bond donors (Lipinski definition) is 1. The lowest BCUT2D eigenvalue weighted by Crippen LogP contribution is -2.28. The maximum Gasteiger partial charge on any atom is 0.251 e. The van der Waals surface area contributed by atoms with Gasteiger partial charge in [-0.25, -0.2) is 4.98 Å². The van der Waals surface area contributed by atoms with Crippen molar-refractivity contribution in [3.8, 4) is 0 Å². The van der Waals surface area contributed by atoms with Crippen LogP contribution in [0.1, 0.15) is 5.69 Å². The van der Waals surface area contributed by atoms with Crippen LogP contribution in [-0.2, 0) is 4.79 Å². The molecule has 2 aromatic rings. The first kappa shape index (κ1) is 12.8. The molecule has 1 amide bonds.